The van der Waals surface area contributed by atoms with E-state index < -0.39 is 6.55 Å². The van der Waals surface area contributed by atoms with Crippen LogP contribution in [0.2, 0.25) is 0 Å². The maximum absolute atomic E-state index is 12.2. The molecule has 0 amide bonds. The van der Waals surface area contributed by atoms with E-state index in [-0.39, 0.29) is 6.61 Å². The largest absolute Gasteiger partial charge is 0.375 e. The van der Waals surface area contributed by atoms with Gasteiger partial charge >= 0.3 is 6.55 Å². The fourth-order valence-electron chi connectivity index (χ4n) is 0.996. The lowest BCUT2D eigenvalue weighted by atomic mass is 10.2. The Bertz CT molecular complexity index is 315. The Morgan fingerprint density at radius 3 is 2.67 bits per heavy atom. The highest BCUT2D eigenvalue weighted by atomic mass is 79.9. The van der Waals surface area contributed by atoms with Gasteiger partial charge in [0.15, 0.2) is 0 Å². The molecular weight excluding hydrogens is 270 g/mol. The minimum absolute atomic E-state index is 0.248. The minimum Gasteiger partial charge on any atom is -0.375 e. The third-order valence-corrected chi connectivity index (χ3v) is 2.31. The van der Waals surface area contributed by atoms with Crippen LogP contribution in [0.15, 0.2) is 10.7 Å². The number of hydrogen-bond acceptors (Lipinski definition) is 2. The Morgan fingerprint density at radius 2 is 2.20 bits per heavy atom. The van der Waals surface area contributed by atoms with Crippen molar-refractivity contribution in [1.29, 1.82) is 0 Å². The Morgan fingerprint density at radius 1 is 1.53 bits per heavy atom. The molecule has 1 rings (SSSR count). The summed E-state index contributed by atoms with van der Waals surface area (Å²) in [5.74, 6) is 0.418. The summed E-state index contributed by atoms with van der Waals surface area (Å²) < 4.78 is 31.0. The number of halogens is 3. The van der Waals surface area contributed by atoms with Gasteiger partial charge in [-0.2, -0.15) is 13.9 Å². The highest BCUT2D eigenvalue weighted by molar-refractivity contribution is 9.10. The molecule has 15 heavy (non-hydrogen) atoms. The topological polar surface area (TPSA) is 27.1 Å². The monoisotopic (exact) mass is 282 g/mol. The zero-order valence-electron chi connectivity index (χ0n) is 8.58. The van der Waals surface area contributed by atoms with Gasteiger partial charge in [0, 0.05) is 12.8 Å². The lowest BCUT2D eigenvalue weighted by molar-refractivity contribution is 0.0533. The van der Waals surface area contributed by atoms with E-state index in [0.717, 1.165) is 0 Å². The summed E-state index contributed by atoms with van der Waals surface area (Å²) in [6, 6.07) is 0. The third kappa shape index (κ3) is 3.87. The molecule has 86 valence electrons. The van der Waals surface area contributed by atoms with E-state index in [4.69, 9.17) is 4.74 Å². The molecule has 0 aliphatic carbocycles. The first-order valence-electron chi connectivity index (χ1n) is 4.60. The van der Waals surface area contributed by atoms with Gasteiger partial charge in [-0.05, 0) is 21.8 Å². The number of aromatic nitrogens is 2. The second kappa shape index (κ2) is 5.55. The summed E-state index contributed by atoms with van der Waals surface area (Å²) in [4.78, 5) is 0. The normalized spacial score (nSPS) is 11.7. The highest BCUT2D eigenvalue weighted by Gasteiger charge is 2.12. The highest BCUT2D eigenvalue weighted by Crippen LogP contribution is 2.19. The first-order chi connectivity index (χ1) is 7.00. The number of hydrogen-bond donors (Lipinski definition) is 0. The molecule has 3 nitrogen and oxygen atoms in total. The van der Waals surface area contributed by atoms with Crippen LogP contribution in [-0.4, -0.2) is 16.4 Å². The van der Waals surface area contributed by atoms with Gasteiger partial charge in [0.05, 0.1) is 11.1 Å². The molecule has 1 aromatic heterocycles. The molecule has 6 heteroatoms. The van der Waals surface area contributed by atoms with Crippen LogP contribution in [0.25, 0.3) is 0 Å². The second-order valence-electron chi connectivity index (χ2n) is 3.59. The summed E-state index contributed by atoms with van der Waals surface area (Å²) in [5.41, 5.74) is 0.496. The number of rotatable bonds is 5. The van der Waals surface area contributed by atoms with Crippen molar-refractivity contribution in [2.75, 3.05) is 6.61 Å². The minimum atomic E-state index is -2.61. The van der Waals surface area contributed by atoms with Gasteiger partial charge in [-0.15, -0.1) is 0 Å². The molecule has 0 saturated carbocycles. The van der Waals surface area contributed by atoms with Crippen LogP contribution in [0, 0.1) is 5.92 Å². The van der Waals surface area contributed by atoms with Crippen molar-refractivity contribution in [2.24, 2.45) is 5.92 Å². The van der Waals surface area contributed by atoms with E-state index in [1.54, 1.807) is 0 Å². The molecule has 0 aliphatic heterocycles. The molecule has 1 aromatic rings. The van der Waals surface area contributed by atoms with Gasteiger partial charge in [0.2, 0.25) is 0 Å². The molecule has 0 bridgehead atoms. The summed E-state index contributed by atoms with van der Waals surface area (Å²) in [7, 11) is 0. The number of alkyl halides is 2. The van der Waals surface area contributed by atoms with Crippen molar-refractivity contribution in [3.8, 4) is 0 Å². The Labute approximate surface area is 95.5 Å². The van der Waals surface area contributed by atoms with Crippen LogP contribution in [0.3, 0.4) is 0 Å². The molecule has 0 spiro atoms. The van der Waals surface area contributed by atoms with Crippen LogP contribution >= 0.6 is 15.9 Å². The molecular formula is C9H13BrF2N2O. The van der Waals surface area contributed by atoms with Crippen LogP contribution < -0.4 is 0 Å². The zero-order valence-corrected chi connectivity index (χ0v) is 10.2. The van der Waals surface area contributed by atoms with Gasteiger partial charge in [-0.3, -0.25) is 0 Å². The first kappa shape index (κ1) is 12.6. The van der Waals surface area contributed by atoms with Crippen molar-refractivity contribution in [3.63, 3.8) is 0 Å². The molecule has 0 N–H and O–H groups in total. The smallest absolute Gasteiger partial charge is 0.333 e. The van der Waals surface area contributed by atoms with Gasteiger partial charge < -0.3 is 4.74 Å². The average molecular weight is 283 g/mol. The third-order valence-electron chi connectivity index (χ3n) is 1.65. The second-order valence-corrected chi connectivity index (χ2v) is 4.44. The van der Waals surface area contributed by atoms with Gasteiger partial charge in [-0.1, -0.05) is 13.8 Å². The lowest BCUT2D eigenvalue weighted by Crippen LogP contribution is -2.04. The van der Waals surface area contributed by atoms with Crippen LogP contribution in [0.1, 0.15) is 26.1 Å². The van der Waals surface area contributed by atoms with Crippen molar-refractivity contribution in [3.05, 3.63) is 16.4 Å². The molecule has 1 heterocycles. The molecule has 0 aliphatic rings. The maximum Gasteiger partial charge on any atom is 0.333 e. The first-order valence-corrected chi connectivity index (χ1v) is 5.39. The maximum atomic E-state index is 12.2. The summed E-state index contributed by atoms with van der Waals surface area (Å²) in [6.45, 7) is 2.27. The van der Waals surface area contributed by atoms with E-state index in [1.165, 1.54) is 6.20 Å². The molecule has 0 radical (unpaired) electrons. The van der Waals surface area contributed by atoms with Crippen LogP contribution in [-0.2, 0) is 11.3 Å². The predicted molar refractivity (Wildman–Crippen MR) is 55.7 cm³/mol. The fraction of sp³-hybridized carbons (Fsp3) is 0.667. The average Bonchev–Trinajstić information content (AvgIpc) is 2.47. The zero-order chi connectivity index (χ0) is 11.4. The Hall–Kier alpha value is -0.490. The summed E-state index contributed by atoms with van der Waals surface area (Å²) in [5, 5.41) is 3.70. The summed E-state index contributed by atoms with van der Waals surface area (Å²) in [6.07, 6.45) is 1.25. The Balaban J connectivity index is 2.53. The number of ether oxygens (including phenoxy) is 1. The van der Waals surface area contributed by atoms with E-state index >= 15 is 0 Å². The standard InChI is InChI=1S/C9H13BrF2N2O/c1-6(2)4-15-5-8-7(10)3-14(13-8)9(11)12/h3,6,9H,4-5H2,1-2H3. The van der Waals surface area contributed by atoms with Crippen LogP contribution in [0.4, 0.5) is 8.78 Å². The van der Waals surface area contributed by atoms with E-state index in [9.17, 15) is 8.78 Å². The van der Waals surface area contributed by atoms with Crippen molar-refractivity contribution in [2.45, 2.75) is 27.0 Å². The van der Waals surface area contributed by atoms with Crippen LogP contribution in [0.5, 0.6) is 0 Å². The van der Waals surface area contributed by atoms with E-state index in [2.05, 4.69) is 21.0 Å². The molecule has 0 fully saturated rings. The van der Waals surface area contributed by atoms with Crippen molar-refractivity contribution >= 4 is 15.9 Å². The quantitative estimate of drug-likeness (QED) is 0.829. The van der Waals surface area contributed by atoms with Crippen molar-refractivity contribution < 1.29 is 13.5 Å². The Kier molecular flexibility index (Phi) is 4.66. The predicted octanol–water partition coefficient (Wildman–Crippen LogP) is 3.21. The fourth-order valence-corrected chi connectivity index (χ4v) is 1.40. The molecule has 0 saturated heterocycles. The molecule has 0 aromatic carbocycles. The molecule has 0 unspecified atom stereocenters. The van der Waals surface area contributed by atoms with Crippen molar-refractivity contribution in [1.82, 2.24) is 9.78 Å². The SMILES string of the molecule is CC(C)COCc1nn(C(F)F)cc1Br. The summed E-state index contributed by atoms with van der Waals surface area (Å²) >= 11 is 3.16. The van der Waals surface area contributed by atoms with Gasteiger partial charge in [-0.25, -0.2) is 4.68 Å². The van der Waals surface area contributed by atoms with E-state index in [1.807, 2.05) is 13.8 Å². The number of nitrogens with zero attached hydrogens (tertiary/aromatic N) is 2. The van der Waals surface area contributed by atoms with Gasteiger partial charge in [0.1, 0.15) is 5.69 Å². The van der Waals surface area contributed by atoms with Gasteiger partial charge in [0.25, 0.3) is 0 Å². The molecule has 0 atom stereocenters. The lowest BCUT2D eigenvalue weighted by Gasteiger charge is -2.04. The van der Waals surface area contributed by atoms with E-state index in [0.29, 0.717) is 27.4 Å².